The van der Waals surface area contributed by atoms with Crippen molar-refractivity contribution in [2.24, 2.45) is 0 Å². The Kier molecular flexibility index (Phi) is 4.30. The number of nitrogens with one attached hydrogen (secondary N) is 1. The molecule has 0 amide bonds. The van der Waals surface area contributed by atoms with Gasteiger partial charge in [-0.25, -0.2) is 4.79 Å². The van der Waals surface area contributed by atoms with E-state index in [-0.39, 0.29) is 5.89 Å². The second-order valence-electron chi connectivity index (χ2n) is 5.75. The highest BCUT2D eigenvalue weighted by atomic mass is 79.9. The molecule has 0 radical (unpaired) electrons. The molecule has 0 aliphatic heterocycles. The molecule has 2 aromatic carbocycles. The van der Waals surface area contributed by atoms with Crippen molar-refractivity contribution in [2.45, 2.75) is 13.0 Å². The third-order valence-corrected chi connectivity index (χ3v) is 4.45. The lowest BCUT2D eigenvalue weighted by molar-refractivity contribution is 0.0282. The summed E-state index contributed by atoms with van der Waals surface area (Å²) in [5.74, 6) is 0.180. The number of ether oxygens (including phenoxy) is 1. The molecule has 2 aromatic heterocycles. The van der Waals surface area contributed by atoms with Gasteiger partial charge in [0, 0.05) is 27.1 Å². The summed E-state index contributed by atoms with van der Waals surface area (Å²) in [7, 11) is 0. The van der Waals surface area contributed by atoms with Crippen molar-refractivity contribution in [3.63, 3.8) is 0 Å². The molecule has 1 atom stereocenters. The molecule has 0 fully saturated rings. The zero-order valence-electron chi connectivity index (χ0n) is 13.8. The summed E-state index contributed by atoms with van der Waals surface area (Å²) in [4.78, 5) is 15.6. The molecule has 1 N–H and O–H groups in total. The minimum absolute atomic E-state index is 0.248. The fraction of sp³-hybridized carbons (Fsp3) is 0.105. The number of aromatic nitrogens is 3. The van der Waals surface area contributed by atoms with E-state index in [9.17, 15) is 4.79 Å². The molecule has 130 valence electrons. The smallest absolute Gasteiger partial charge is 0.341 e. The first-order valence-corrected chi connectivity index (χ1v) is 8.77. The van der Waals surface area contributed by atoms with Gasteiger partial charge in [-0.05, 0) is 37.3 Å². The normalized spacial score (nSPS) is 12.2. The maximum atomic E-state index is 12.5. The molecule has 0 spiro atoms. The first-order chi connectivity index (χ1) is 12.6. The van der Waals surface area contributed by atoms with Crippen LogP contribution < -0.4 is 0 Å². The molecule has 1 unspecified atom stereocenters. The number of hydrogen-bond acceptors (Lipinski definition) is 5. The van der Waals surface area contributed by atoms with Crippen molar-refractivity contribution >= 4 is 32.8 Å². The van der Waals surface area contributed by atoms with Crippen LogP contribution in [0.4, 0.5) is 0 Å². The Morgan fingerprint density at radius 3 is 2.81 bits per heavy atom. The Balaban J connectivity index is 1.54. The summed E-state index contributed by atoms with van der Waals surface area (Å²) >= 11 is 3.41. The SMILES string of the molecule is CC(OC(=O)c1c[nH]c2ccc(Br)cc12)c1nnc(-c2ccccc2)o1. The predicted octanol–water partition coefficient (Wildman–Crippen LogP) is 4.90. The van der Waals surface area contributed by atoms with Crippen molar-refractivity contribution < 1.29 is 13.9 Å². The van der Waals surface area contributed by atoms with E-state index >= 15 is 0 Å². The Bertz CT molecular complexity index is 1070. The molecule has 7 heteroatoms. The van der Waals surface area contributed by atoms with E-state index in [4.69, 9.17) is 9.15 Å². The predicted molar refractivity (Wildman–Crippen MR) is 99.6 cm³/mol. The van der Waals surface area contributed by atoms with E-state index in [1.807, 2.05) is 48.5 Å². The van der Waals surface area contributed by atoms with Crippen LogP contribution in [0.15, 0.2) is 63.6 Å². The van der Waals surface area contributed by atoms with E-state index < -0.39 is 12.1 Å². The second-order valence-corrected chi connectivity index (χ2v) is 6.67. The minimum Gasteiger partial charge on any atom is -0.449 e. The zero-order valence-corrected chi connectivity index (χ0v) is 15.4. The average Bonchev–Trinajstić information content (AvgIpc) is 3.29. The first kappa shape index (κ1) is 16.5. The van der Waals surface area contributed by atoms with Gasteiger partial charge in [0.2, 0.25) is 5.89 Å². The second kappa shape index (κ2) is 6.76. The van der Waals surface area contributed by atoms with Gasteiger partial charge in [-0.2, -0.15) is 0 Å². The van der Waals surface area contributed by atoms with Crippen molar-refractivity contribution in [2.75, 3.05) is 0 Å². The molecule has 0 aliphatic rings. The monoisotopic (exact) mass is 411 g/mol. The first-order valence-electron chi connectivity index (χ1n) is 7.98. The number of benzene rings is 2. The Hall–Kier alpha value is -2.93. The van der Waals surface area contributed by atoms with Crippen LogP contribution in [-0.2, 0) is 4.74 Å². The van der Waals surface area contributed by atoms with Crippen LogP contribution in [0.25, 0.3) is 22.4 Å². The van der Waals surface area contributed by atoms with Crippen LogP contribution in [0.2, 0.25) is 0 Å². The van der Waals surface area contributed by atoms with Gasteiger partial charge in [0.1, 0.15) is 0 Å². The molecule has 0 saturated carbocycles. The molecule has 6 nitrogen and oxygen atoms in total. The standard InChI is InChI=1S/C19H14BrN3O3/c1-11(17-22-23-18(26-17)12-5-3-2-4-6-12)25-19(24)15-10-21-16-8-7-13(20)9-14(15)16/h2-11,21H,1H3. The third-order valence-electron chi connectivity index (χ3n) is 3.96. The lowest BCUT2D eigenvalue weighted by Gasteiger charge is -2.08. The number of carbonyl (C=O) groups is 1. The molecule has 0 aliphatic carbocycles. The van der Waals surface area contributed by atoms with Gasteiger partial charge in [-0.15, -0.1) is 10.2 Å². The number of rotatable bonds is 4. The quantitative estimate of drug-likeness (QED) is 0.483. The average molecular weight is 412 g/mol. The van der Waals surface area contributed by atoms with Gasteiger partial charge >= 0.3 is 5.97 Å². The molecule has 4 rings (SSSR count). The lowest BCUT2D eigenvalue weighted by Crippen LogP contribution is -2.09. The molecule has 4 aromatic rings. The summed E-state index contributed by atoms with van der Waals surface area (Å²) in [6.45, 7) is 1.70. The number of aromatic amines is 1. The summed E-state index contributed by atoms with van der Waals surface area (Å²) < 4.78 is 12.0. The van der Waals surface area contributed by atoms with Gasteiger partial charge in [-0.3, -0.25) is 0 Å². The van der Waals surface area contributed by atoms with Crippen molar-refractivity contribution in [1.29, 1.82) is 0 Å². The van der Waals surface area contributed by atoms with Gasteiger partial charge in [-0.1, -0.05) is 34.1 Å². The fourth-order valence-corrected chi connectivity index (χ4v) is 2.99. The molecular weight excluding hydrogens is 398 g/mol. The van der Waals surface area contributed by atoms with Gasteiger partial charge in [0.05, 0.1) is 5.56 Å². The number of hydrogen-bond donors (Lipinski definition) is 1. The molecule has 2 heterocycles. The van der Waals surface area contributed by atoms with Gasteiger partial charge < -0.3 is 14.1 Å². The molecule has 0 bridgehead atoms. The summed E-state index contributed by atoms with van der Waals surface area (Å²) in [5, 5.41) is 8.80. The maximum Gasteiger partial charge on any atom is 0.341 e. The highest BCUT2D eigenvalue weighted by molar-refractivity contribution is 9.10. The Morgan fingerprint density at radius 2 is 2.00 bits per heavy atom. The minimum atomic E-state index is -0.662. The van der Waals surface area contributed by atoms with E-state index in [1.165, 1.54) is 0 Å². The number of H-pyrrole nitrogens is 1. The van der Waals surface area contributed by atoms with E-state index in [0.717, 1.165) is 20.9 Å². The van der Waals surface area contributed by atoms with E-state index in [1.54, 1.807) is 13.1 Å². The molecular formula is C19H14BrN3O3. The highest BCUT2D eigenvalue weighted by Gasteiger charge is 2.21. The third kappa shape index (κ3) is 3.13. The van der Waals surface area contributed by atoms with Crippen LogP contribution in [-0.4, -0.2) is 21.2 Å². The fourth-order valence-electron chi connectivity index (χ4n) is 2.63. The molecule has 0 saturated heterocycles. The lowest BCUT2D eigenvalue weighted by atomic mass is 10.2. The maximum absolute atomic E-state index is 12.5. The van der Waals surface area contributed by atoms with E-state index in [0.29, 0.717) is 11.5 Å². The Morgan fingerprint density at radius 1 is 1.19 bits per heavy atom. The van der Waals surface area contributed by atoms with Crippen molar-refractivity contribution in [3.8, 4) is 11.5 Å². The number of carbonyl (C=O) groups excluding carboxylic acids is 1. The van der Waals surface area contributed by atoms with Crippen LogP contribution in [0.1, 0.15) is 29.3 Å². The van der Waals surface area contributed by atoms with Crippen LogP contribution >= 0.6 is 15.9 Å². The number of halogens is 1. The van der Waals surface area contributed by atoms with Crippen LogP contribution in [0.3, 0.4) is 0 Å². The Labute approximate surface area is 157 Å². The highest BCUT2D eigenvalue weighted by Crippen LogP contribution is 2.26. The van der Waals surface area contributed by atoms with E-state index in [2.05, 4.69) is 31.1 Å². The van der Waals surface area contributed by atoms with Crippen LogP contribution in [0, 0.1) is 0 Å². The summed E-state index contributed by atoms with van der Waals surface area (Å²) in [6.07, 6.45) is 0.972. The number of fused-ring (bicyclic) bond motifs is 1. The van der Waals surface area contributed by atoms with Crippen molar-refractivity contribution in [1.82, 2.24) is 15.2 Å². The molecule has 26 heavy (non-hydrogen) atoms. The summed E-state index contributed by atoms with van der Waals surface area (Å²) in [5.41, 5.74) is 2.12. The zero-order chi connectivity index (χ0) is 18.1. The van der Waals surface area contributed by atoms with Crippen molar-refractivity contribution in [3.05, 3.63) is 70.7 Å². The number of esters is 1. The topological polar surface area (TPSA) is 81.0 Å². The van der Waals surface area contributed by atoms with Gasteiger partial charge in [0.15, 0.2) is 6.10 Å². The number of nitrogens with zero attached hydrogens (tertiary/aromatic N) is 2. The van der Waals surface area contributed by atoms with Gasteiger partial charge in [0.25, 0.3) is 5.89 Å². The largest absolute Gasteiger partial charge is 0.449 e. The van der Waals surface area contributed by atoms with Crippen LogP contribution in [0.5, 0.6) is 0 Å². The summed E-state index contributed by atoms with van der Waals surface area (Å²) in [6, 6.07) is 15.1.